The lowest BCUT2D eigenvalue weighted by atomic mass is 10.2. The van der Waals surface area contributed by atoms with Gasteiger partial charge in [0, 0.05) is 23.8 Å². The first-order valence-electron chi connectivity index (χ1n) is 4.49. The van der Waals surface area contributed by atoms with Crippen LogP contribution in [0, 0.1) is 13.8 Å². The monoisotopic (exact) mass is 183 g/mol. The highest BCUT2D eigenvalue weighted by atomic mass is 16.3. The van der Waals surface area contributed by atoms with E-state index in [9.17, 15) is 0 Å². The number of aliphatic hydroxyl groups is 1. The molecule has 0 spiro atoms. The smallest absolute Gasteiger partial charge is 0.0638 e. The van der Waals surface area contributed by atoms with Crippen molar-refractivity contribution >= 4 is 0 Å². The van der Waals surface area contributed by atoms with Crippen LogP contribution < -0.4 is 5.32 Å². The van der Waals surface area contributed by atoms with Gasteiger partial charge >= 0.3 is 0 Å². The number of nitrogens with zero attached hydrogens (tertiary/aromatic N) is 1. The lowest BCUT2D eigenvalue weighted by molar-refractivity contribution is 0.251. The number of aliphatic hydroxyl groups excluding tert-OH is 1. The van der Waals surface area contributed by atoms with Crippen molar-refractivity contribution in [3.05, 3.63) is 17.0 Å². The fourth-order valence-electron chi connectivity index (χ4n) is 1.18. The molecule has 3 N–H and O–H groups in total. The maximum absolute atomic E-state index is 8.82. The summed E-state index contributed by atoms with van der Waals surface area (Å²) in [5.74, 6) is 0. The standard InChI is InChI=1S/C9H17N3O/c1-6(5-13)10-4-9-7(2)11-12-8(9)3/h6,10,13H,4-5H2,1-3H3,(H,11,12)/t6-/m0/s1. The third kappa shape index (κ3) is 2.54. The van der Waals surface area contributed by atoms with Crippen molar-refractivity contribution in [1.82, 2.24) is 15.5 Å². The van der Waals surface area contributed by atoms with Crippen LogP contribution in [0.2, 0.25) is 0 Å². The predicted octanol–water partition coefficient (Wildman–Crippen LogP) is 0.497. The van der Waals surface area contributed by atoms with E-state index in [-0.39, 0.29) is 12.6 Å². The van der Waals surface area contributed by atoms with Crippen LogP contribution in [0.5, 0.6) is 0 Å². The lowest BCUT2D eigenvalue weighted by Gasteiger charge is -2.10. The zero-order valence-electron chi connectivity index (χ0n) is 8.39. The Bertz CT molecular complexity index is 250. The van der Waals surface area contributed by atoms with Crippen LogP contribution >= 0.6 is 0 Å². The quantitative estimate of drug-likeness (QED) is 0.637. The van der Waals surface area contributed by atoms with Crippen molar-refractivity contribution < 1.29 is 5.11 Å². The van der Waals surface area contributed by atoms with E-state index in [1.54, 1.807) is 0 Å². The zero-order valence-corrected chi connectivity index (χ0v) is 8.39. The van der Waals surface area contributed by atoms with Crippen molar-refractivity contribution in [2.45, 2.75) is 33.4 Å². The number of nitrogens with one attached hydrogen (secondary N) is 2. The fraction of sp³-hybridized carbons (Fsp3) is 0.667. The predicted molar refractivity (Wildman–Crippen MR) is 51.4 cm³/mol. The highest BCUT2D eigenvalue weighted by molar-refractivity contribution is 5.22. The van der Waals surface area contributed by atoms with Crippen LogP contribution in [0.25, 0.3) is 0 Å². The summed E-state index contributed by atoms with van der Waals surface area (Å²) in [5.41, 5.74) is 3.31. The van der Waals surface area contributed by atoms with Gasteiger partial charge in [-0.25, -0.2) is 0 Å². The van der Waals surface area contributed by atoms with E-state index in [4.69, 9.17) is 5.11 Å². The van der Waals surface area contributed by atoms with E-state index in [0.29, 0.717) is 0 Å². The molecule has 74 valence electrons. The molecule has 0 unspecified atom stereocenters. The van der Waals surface area contributed by atoms with Crippen molar-refractivity contribution in [3.8, 4) is 0 Å². The van der Waals surface area contributed by atoms with Crippen molar-refractivity contribution in [3.63, 3.8) is 0 Å². The van der Waals surface area contributed by atoms with E-state index in [2.05, 4.69) is 15.5 Å². The number of aromatic amines is 1. The Balaban J connectivity index is 2.53. The van der Waals surface area contributed by atoms with Crippen LogP contribution in [0.15, 0.2) is 0 Å². The van der Waals surface area contributed by atoms with Crippen molar-refractivity contribution in [2.75, 3.05) is 6.61 Å². The summed E-state index contributed by atoms with van der Waals surface area (Å²) in [6.45, 7) is 6.85. The molecule has 1 atom stereocenters. The summed E-state index contributed by atoms with van der Waals surface area (Å²) in [7, 11) is 0. The van der Waals surface area contributed by atoms with Crippen LogP contribution in [0.1, 0.15) is 23.9 Å². The van der Waals surface area contributed by atoms with Gasteiger partial charge in [0.15, 0.2) is 0 Å². The molecule has 0 aliphatic heterocycles. The van der Waals surface area contributed by atoms with Crippen LogP contribution in [-0.2, 0) is 6.54 Å². The molecule has 0 saturated heterocycles. The third-order valence-electron chi connectivity index (χ3n) is 2.18. The molecule has 0 bridgehead atoms. The average molecular weight is 183 g/mol. The van der Waals surface area contributed by atoms with Gasteiger partial charge in [-0.3, -0.25) is 5.10 Å². The highest BCUT2D eigenvalue weighted by Crippen LogP contribution is 2.08. The van der Waals surface area contributed by atoms with E-state index in [1.807, 2.05) is 20.8 Å². The van der Waals surface area contributed by atoms with Crippen molar-refractivity contribution in [2.24, 2.45) is 0 Å². The Hall–Kier alpha value is -0.870. The summed E-state index contributed by atoms with van der Waals surface area (Å²) in [6, 6.07) is 0.133. The molecule has 1 rings (SSSR count). The van der Waals surface area contributed by atoms with Gasteiger partial charge in [0.2, 0.25) is 0 Å². The minimum Gasteiger partial charge on any atom is -0.395 e. The maximum Gasteiger partial charge on any atom is 0.0638 e. The van der Waals surface area contributed by atoms with E-state index < -0.39 is 0 Å². The second-order valence-electron chi connectivity index (χ2n) is 3.38. The van der Waals surface area contributed by atoms with Gasteiger partial charge in [-0.2, -0.15) is 5.10 Å². The summed E-state index contributed by atoms with van der Waals surface area (Å²) in [6.07, 6.45) is 0. The largest absolute Gasteiger partial charge is 0.395 e. The number of H-pyrrole nitrogens is 1. The van der Waals surface area contributed by atoms with Crippen LogP contribution in [0.4, 0.5) is 0 Å². The first-order chi connectivity index (χ1) is 6.15. The van der Waals surface area contributed by atoms with Gasteiger partial charge in [-0.05, 0) is 20.8 Å². The van der Waals surface area contributed by atoms with E-state index in [1.165, 1.54) is 5.56 Å². The average Bonchev–Trinajstić information content (AvgIpc) is 2.43. The second-order valence-corrected chi connectivity index (χ2v) is 3.38. The third-order valence-corrected chi connectivity index (χ3v) is 2.18. The molecular formula is C9H17N3O. The number of hydrogen-bond donors (Lipinski definition) is 3. The molecule has 4 nitrogen and oxygen atoms in total. The zero-order chi connectivity index (χ0) is 9.84. The molecule has 4 heteroatoms. The Labute approximate surface area is 78.4 Å². The molecule has 1 aromatic rings. The van der Waals surface area contributed by atoms with Gasteiger partial charge in [0.05, 0.1) is 12.3 Å². The minimum atomic E-state index is 0.133. The van der Waals surface area contributed by atoms with Gasteiger partial charge in [0.25, 0.3) is 0 Å². The molecule has 0 amide bonds. The molecule has 1 aromatic heterocycles. The Morgan fingerprint density at radius 1 is 1.54 bits per heavy atom. The van der Waals surface area contributed by atoms with Crippen LogP contribution in [-0.4, -0.2) is 28.0 Å². The minimum absolute atomic E-state index is 0.133. The van der Waals surface area contributed by atoms with Gasteiger partial charge < -0.3 is 10.4 Å². The summed E-state index contributed by atoms with van der Waals surface area (Å²) in [4.78, 5) is 0. The molecular weight excluding hydrogens is 166 g/mol. The summed E-state index contributed by atoms with van der Waals surface area (Å²) in [5, 5.41) is 19.0. The normalized spacial score (nSPS) is 13.2. The Morgan fingerprint density at radius 3 is 2.69 bits per heavy atom. The second kappa shape index (κ2) is 4.39. The SMILES string of the molecule is Cc1n[nH]c(C)c1CN[C@@H](C)CO. The lowest BCUT2D eigenvalue weighted by Crippen LogP contribution is -2.28. The molecule has 0 fully saturated rings. The van der Waals surface area contributed by atoms with Crippen LogP contribution in [0.3, 0.4) is 0 Å². The number of rotatable bonds is 4. The molecule has 13 heavy (non-hydrogen) atoms. The highest BCUT2D eigenvalue weighted by Gasteiger charge is 2.06. The van der Waals surface area contributed by atoms with Gasteiger partial charge in [-0.1, -0.05) is 0 Å². The number of aryl methyl sites for hydroxylation is 2. The van der Waals surface area contributed by atoms with Gasteiger partial charge in [0.1, 0.15) is 0 Å². The fourth-order valence-corrected chi connectivity index (χ4v) is 1.18. The molecule has 0 aliphatic rings. The number of hydrogen-bond acceptors (Lipinski definition) is 3. The molecule has 0 radical (unpaired) electrons. The molecule has 0 aromatic carbocycles. The molecule has 0 saturated carbocycles. The first kappa shape index (κ1) is 10.2. The van der Waals surface area contributed by atoms with E-state index >= 15 is 0 Å². The molecule has 0 aliphatic carbocycles. The van der Waals surface area contributed by atoms with Crippen molar-refractivity contribution in [1.29, 1.82) is 0 Å². The first-order valence-corrected chi connectivity index (χ1v) is 4.49. The van der Waals surface area contributed by atoms with E-state index in [0.717, 1.165) is 17.9 Å². The topological polar surface area (TPSA) is 60.9 Å². The Kier molecular flexibility index (Phi) is 3.45. The number of aromatic nitrogens is 2. The summed E-state index contributed by atoms with van der Waals surface area (Å²) >= 11 is 0. The maximum atomic E-state index is 8.82. The summed E-state index contributed by atoms with van der Waals surface area (Å²) < 4.78 is 0. The Morgan fingerprint density at radius 2 is 2.23 bits per heavy atom. The molecule has 1 heterocycles. The van der Waals surface area contributed by atoms with Gasteiger partial charge in [-0.15, -0.1) is 0 Å².